The number of rotatable bonds is 4. The lowest BCUT2D eigenvalue weighted by Gasteiger charge is -2.17. The van der Waals surface area contributed by atoms with Crippen LogP contribution in [0.4, 0.5) is 23.7 Å². The van der Waals surface area contributed by atoms with E-state index in [-0.39, 0.29) is 32.1 Å². The summed E-state index contributed by atoms with van der Waals surface area (Å²) in [5.74, 6) is 0. The number of anilines is 1. The number of aryl methyl sites for hydroxylation is 1. The zero-order valence-electron chi connectivity index (χ0n) is 16.4. The second-order valence-corrected chi connectivity index (χ2v) is 8.32. The standard InChI is InChI=1S/C19H18F3N5O3S/c1-11-9-13(26(2)18(23)28)5-8-15(11)17-10-16(25-27(17)19(20,21)22)12-3-6-14(7-4-12)31(24,29)30/h3-10H,1-2H3,(H2,23,28)(H2,24,29,30). The molecule has 4 N–H and O–H groups in total. The van der Waals surface area contributed by atoms with Gasteiger partial charge < -0.3 is 5.73 Å². The minimum Gasteiger partial charge on any atom is -0.351 e. The van der Waals surface area contributed by atoms with Crippen LogP contribution in [0.5, 0.6) is 0 Å². The van der Waals surface area contributed by atoms with E-state index in [1.54, 1.807) is 6.92 Å². The van der Waals surface area contributed by atoms with Gasteiger partial charge in [0.1, 0.15) is 0 Å². The summed E-state index contributed by atoms with van der Waals surface area (Å²) in [6.45, 7) is 1.60. The number of amides is 2. The Bertz CT molecular complexity index is 1250. The molecule has 0 bridgehead atoms. The number of hydrogen-bond donors (Lipinski definition) is 2. The van der Waals surface area contributed by atoms with Crippen molar-refractivity contribution in [2.45, 2.75) is 18.1 Å². The van der Waals surface area contributed by atoms with Crippen molar-refractivity contribution in [1.29, 1.82) is 0 Å². The van der Waals surface area contributed by atoms with Crippen molar-refractivity contribution in [3.63, 3.8) is 0 Å². The highest BCUT2D eigenvalue weighted by molar-refractivity contribution is 7.89. The Labute approximate surface area is 175 Å². The van der Waals surface area contributed by atoms with Crippen molar-refractivity contribution in [3.05, 3.63) is 54.1 Å². The number of primary amides is 1. The minimum atomic E-state index is -4.80. The van der Waals surface area contributed by atoms with Gasteiger partial charge in [0.05, 0.1) is 16.3 Å². The number of alkyl halides is 3. The summed E-state index contributed by atoms with van der Waals surface area (Å²) in [6, 6.07) is 10.0. The number of sulfonamides is 1. The Hall–Kier alpha value is -3.38. The average molecular weight is 453 g/mol. The smallest absolute Gasteiger partial charge is 0.351 e. The summed E-state index contributed by atoms with van der Waals surface area (Å²) < 4.78 is 63.7. The predicted molar refractivity (Wildman–Crippen MR) is 108 cm³/mol. The maximum absolute atomic E-state index is 13.7. The van der Waals surface area contributed by atoms with E-state index in [1.807, 2.05) is 0 Å². The number of aromatic nitrogens is 2. The van der Waals surface area contributed by atoms with Crippen molar-refractivity contribution < 1.29 is 26.4 Å². The molecule has 0 unspecified atom stereocenters. The highest BCUT2D eigenvalue weighted by Gasteiger charge is 2.35. The van der Waals surface area contributed by atoms with E-state index in [0.717, 1.165) is 4.90 Å². The van der Waals surface area contributed by atoms with Crippen molar-refractivity contribution in [3.8, 4) is 22.5 Å². The molecule has 1 heterocycles. The third-order valence-electron chi connectivity index (χ3n) is 4.63. The van der Waals surface area contributed by atoms with Crippen LogP contribution >= 0.6 is 0 Å². The van der Waals surface area contributed by atoms with Gasteiger partial charge in [-0.2, -0.15) is 9.78 Å². The molecule has 0 radical (unpaired) electrons. The first kappa shape index (κ1) is 22.3. The number of hydrogen-bond acceptors (Lipinski definition) is 4. The van der Waals surface area contributed by atoms with Crippen molar-refractivity contribution in [2.75, 3.05) is 11.9 Å². The molecule has 3 rings (SSSR count). The van der Waals surface area contributed by atoms with E-state index in [0.29, 0.717) is 11.3 Å². The number of carbonyl (C=O) groups is 1. The first-order chi connectivity index (χ1) is 14.3. The van der Waals surface area contributed by atoms with Gasteiger partial charge in [-0.15, -0.1) is 13.2 Å². The highest BCUT2D eigenvalue weighted by Crippen LogP contribution is 2.35. The normalized spacial score (nSPS) is 12.1. The van der Waals surface area contributed by atoms with Crippen molar-refractivity contribution in [1.82, 2.24) is 9.78 Å². The molecular weight excluding hydrogens is 435 g/mol. The lowest BCUT2D eigenvalue weighted by molar-refractivity contribution is -0.210. The number of nitrogens with zero attached hydrogens (tertiary/aromatic N) is 3. The molecule has 1 aromatic heterocycles. The lowest BCUT2D eigenvalue weighted by Crippen LogP contribution is -2.31. The Morgan fingerprint density at radius 1 is 1.10 bits per heavy atom. The largest absolute Gasteiger partial charge is 0.505 e. The van der Waals surface area contributed by atoms with Crippen molar-refractivity contribution in [2.24, 2.45) is 10.9 Å². The molecule has 12 heteroatoms. The Morgan fingerprint density at radius 2 is 1.71 bits per heavy atom. The van der Waals surface area contributed by atoms with Gasteiger partial charge >= 0.3 is 12.3 Å². The maximum Gasteiger partial charge on any atom is 0.505 e. The monoisotopic (exact) mass is 453 g/mol. The molecule has 164 valence electrons. The number of primary sulfonamides is 1. The molecule has 31 heavy (non-hydrogen) atoms. The van der Waals surface area contributed by atoms with Crippen LogP contribution < -0.4 is 15.8 Å². The average Bonchev–Trinajstić information content (AvgIpc) is 3.12. The fourth-order valence-corrected chi connectivity index (χ4v) is 3.51. The fraction of sp³-hybridized carbons (Fsp3) is 0.158. The van der Waals surface area contributed by atoms with Gasteiger partial charge in [0.15, 0.2) is 0 Å². The molecule has 0 aliphatic rings. The topological polar surface area (TPSA) is 124 Å². The van der Waals surface area contributed by atoms with Gasteiger partial charge in [-0.3, -0.25) is 4.90 Å². The van der Waals surface area contributed by atoms with Gasteiger partial charge in [-0.1, -0.05) is 18.2 Å². The number of carbonyl (C=O) groups excluding carboxylic acids is 1. The van der Waals surface area contributed by atoms with Gasteiger partial charge in [0.2, 0.25) is 10.0 Å². The molecule has 0 fully saturated rings. The third-order valence-corrected chi connectivity index (χ3v) is 5.56. The van der Waals surface area contributed by atoms with E-state index in [4.69, 9.17) is 10.9 Å². The van der Waals surface area contributed by atoms with Crippen LogP contribution in [0.3, 0.4) is 0 Å². The van der Waals surface area contributed by atoms with Gasteiger partial charge in [0, 0.05) is 23.9 Å². The number of benzene rings is 2. The minimum absolute atomic E-state index is 0.00831. The molecule has 2 aromatic carbocycles. The summed E-state index contributed by atoms with van der Waals surface area (Å²) >= 11 is 0. The molecule has 0 aliphatic carbocycles. The summed E-state index contributed by atoms with van der Waals surface area (Å²) in [6.07, 6.45) is -4.80. The molecule has 0 aliphatic heterocycles. The number of halogens is 3. The second-order valence-electron chi connectivity index (χ2n) is 6.76. The number of nitrogens with two attached hydrogens (primary N) is 2. The van der Waals surface area contributed by atoms with Crippen LogP contribution in [-0.2, 0) is 16.3 Å². The van der Waals surface area contributed by atoms with Crippen LogP contribution in [0.25, 0.3) is 22.5 Å². The summed E-state index contributed by atoms with van der Waals surface area (Å²) in [5.41, 5.74) is 6.42. The van der Waals surface area contributed by atoms with E-state index >= 15 is 0 Å². The molecule has 0 saturated carbocycles. The molecule has 8 nitrogen and oxygen atoms in total. The van der Waals surface area contributed by atoms with E-state index in [1.165, 1.54) is 55.6 Å². The maximum atomic E-state index is 13.7. The molecule has 2 amide bonds. The SMILES string of the molecule is Cc1cc(N(C)C(N)=O)ccc1-c1cc(-c2ccc(S(N)(=O)=O)cc2)nn1C(F)(F)F. The Kier molecular flexibility index (Phi) is 5.54. The lowest BCUT2D eigenvalue weighted by atomic mass is 10.0. The molecule has 3 aromatic rings. The first-order valence-corrected chi connectivity index (χ1v) is 10.3. The summed E-state index contributed by atoms with van der Waals surface area (Å²) in [5, 5.41) is 8.72. The van der Waals surface area contributed by atoms with Crippen LogP contribution in [0.1, 0.15) is 5.56 Å². The zero-order chi connectivity index (χ0) is 23.1. The summed E-state index contributed by atoms with van der Waals surface area (Å²) in [7, 11) is -2.49. The zero-order valence-corrected chi connectivity index (χ0v) is 17.2. The van der Waals surface area contributed by atoms with E-state index in [2.05, 4.69) is 5.10 Å². The second kappa shape index (κ2) is 7.71. The van der Waals surface area contributed by atoms with Crippen molar-refractivity contribution >= 4 is 21.7 Å². The highest BCUT2D eigenvalue weighted by atomic mass is 32.2. The van der Waals surface area contributed by atoms with Gasteiger partial charge in [-0.05, 0) is 42.8 Å². The predicted octanol–water partition coefficient (Wildman–Crippen LogP) is 3.16. The van der Waals surface area contributed by atoms with E-state index in [9.17, 15) is 26.4 Å². The quantitative estimate of drug-likeness (QED) is 0.630. The fourth-order valence-electron chi connectivity index (χ4n) is 2.99. The first-order valence-electron chi connectivity index (χ1n) is 8.73. The van der Waals surface area contributed by atoms with Gasteiger partial charge in [0.25, 0.3) is 0 Å². The number of urea groups is 1. The third kappa shape index (κ3) is 4.54. The molecule has 0 saturated heterocycles. The molecular formula is C19H18F3N5O3S. The van der Waals surface area contributed by atoms with E-state index < -0.39 is 22.4 Å². The Balaban J connectivity index is 2.11. The van der Waals surface area contributed by atoms with Crippen LogP contribution in [0, 0.1) is 6.92 Å². The van der Waals surface area contributed by atoms with Crippen LogP contribution in [0.15, 0.2) is 53.4 Å². The van der Waals surface area contributed by atoms with Crippen LogP contribution in [0.2, 0.25) is 0 Å². The molecule has 0 spiro atoms. The van der Waals surface area contributed by atoms with Crippen LogP contribution in [-0.4, -0.2) is 31.3 Å². The Morgan fingerprint density at radius 3 is 2.19 bits per heavy atom. The molecule has 0 atom stereocenters. The summed E-state index contributed by atoms with van der Waals surface area (Å²) in [4.78, 5) is 12.3. The van der Waals surface area contributed by atoms with Gasteiger partial charge in [-0.25, -0.2) is 18.4 Å².